The Balaban J connectivity index is 1.83. The van der Waals surface area contributed by atoms with Gasteiger partial charge in [0.1, 0.15) is 18.1 Å². The summed E-state index contributed by atoms with van der Waals surface area (Å²) in [6.45, 7) is 4.09. The van der Waals surface area contributed by atoms with E-state index in [1.807, 2.05) is 55.5 Å². The van der Waals surface area contributed by atoms with Gasteiger partial charge in [0.2, 0.25) is 4.77 Å². The van der Waals surface area contributed by atoms with Crippen molar-refractivity contribution in [3.8, 4) is 5.75 Å². The number of H-pyrrole nitrogens is 1. The highest BCUT2D eigenvalue weighted by Gasteiger charge is 2.04. The van der Waals surface area contributed by atoms with E-state index in [2.05, 4.69) is 15.3 Å². The van der Waals surface area contributed by atoms with Crippen molar-refractivity contribution in [3.05, 3.63) is 86.0 Å². The molecule has 0 radical (unpaired) electrons. The first-order chi connectivity index (χ1) is 12.5. The first kappa shape index (κ1) is 17.8. The zero-order valence-electron chi connectivity index (χ0n) is 14.5. The quantitative estimate of drug-likeness (QED) is 0.555. The summed E-state index contributed by atoms with van der Waals surface area (Å²) in [5.74, 6) is 0.672. The first-order valence-corrected chi connectivity index (χ1v) is 8.45. The average molecular weight is 366 g/mol. The van der Waals surface area contributed by atoms with Crippen LogP contribution in [0, 0.1) is 18.6 Å². The topological polar surface area (TPSA) is 72.3 Å². The molecule has 3 rings (SSSR count). The number of aryl methyl sites for hydroxylation is 2. The fourth-order valence-corrected chi connectivity index (χ4v) is 2.44. The van der Waals surface area contributed by atoms with Crippen LogP contribution in [-0.2, 0) is 6.61 Å². The van der Waals surface area contributed by atoms with Crippen LogP contribution >= 0.6 is 12.2 Å². The normalized spacial score (nSPS) is 11.0. The second kappa shape index (κ2) is 7.88. The number of nitrogens with one attached hydrogen (secondary N) is 1. The largest absolute Gasteiger partial charge is 0.488 e. The van der Waals surface area contributed by atoms with Gasteiger partial charge in [0.25, 0.3) is 5.56 Å². The molecular formula is C19H18N4O2S. The molecule has 6 nitrogen and oxygen atoms in total. The minimum Gasteiger partial charge on any atom is -0.488 e. The molecule has 1 aromatic heterocycles. The Labute approximate surface area is 155 Å². The summed E-state index contributed by atoms with van der Waals surface area (Å²) in [4.78, 5) is 12.1. The number of aromatic nitrogens is 3. The van der Waals surface area contributed by atoms with Crippen LogP contribution in [0.3, 0.4) is 0 Å². The highest BCUT2D eigenvalue weighted by Crippen LogP contribution is 2.18. The minimum atomic E-state index is -0.358. The van der Waals surface area contributed by atoms with Gasteiger partial charge >= 0.3 is 0 Å². The van der Waals surface area contributed by atoms with Crippen molar-refractivity contribution in [2.24, 2.45) is 5.10 Å². The van der Waals surface area contributed by atoms with Crippen molar-refractivity contribution in [3.63, 3.8) is 0 Å². The summed E-state index contributed by atoms with van der Waals surface area (Å²) >= 11 is 5.07. The van der Waals surface area contributed by atoms with Crippen LogP contribution in [0.5, 0.6) is 5.75 Å². The van der Waals surface area contributed by atoms with Crippen LogP contribution in [0.4, 0.5) is 0 Å². The van der Waals surface area contributed by atoms with Gasteiger partial charge in [-0.05, 0) is 43.8 Å². The van der Waals surface area contributed by atoms with E-state index in [0.717, 1.165) is 15.8 Å². The van der Waals surface area contributed by atoms with Crippen molar-refractivity contribution in [1.82, 2.24) is 14.9 Å². The van der Waals surface area contributed by atoms with Crippen molar-refractivity contribution in [2.45, 2.75) is 20.5 Å². The zero-order chi connectivity index (χ0) is 18.5. The Kier molecular flexibility index (Phi) is 5.38. The monoisotopic (exact) mass is 366 g/mol. The zero-order valence-corrected chi connectivity index (χ0v) is 15.3. The molecule has 0 unspecified atom stereocenters. The van der Waals surface area contributed by atoms with E-state index in [4.69, 9.17) is 17.0 Å². The summed E-state index contributed by atoms with van der Waals surface area (Å²) in [7, 11) is 0. The number of nitrogens with zero attached hydrogens (tertiary/aromatic N) is 3. The SMILES string of the molecule is Cc1ccc(COc2ccccc2/C=N\n2c(=S)[nH]nc(C)c2=O)cc1. The van der Waals surface area contributed by atoms with Gasteiger partial charge in [-0.3, -0.25) is 9.89 Å². The molecule has 0 aliphatic rings. The summed E-state index contributed by atoms with van der Waals surface area (Å²) in [6.07, 6.45) is 1.55. The fourth-order valence-electron chi connectivity index (χ4n) is 2.26. The number of hydrogen-bond acceptors (Lipinski definition) is 5. The number of rotatable bonds is 5. The standard InChI is InChI=1S/C19H18N4O2S/c1-13-7-9-15(10-8-13)12-25-17-6-4-3-5-16(17)11-20-23-18(24)14(2)21-22-19(23)26/h3-11H,12H2,1-2H3,(H,22,26)/b20-11-. The number of benzene rings is 2. The van der Waals surface area contributed by atoms with E-state index in [1.54, 1.807) is 13.1 Å². The van der Waals surface area contributed by atoms with Gasteiger partial charge in [0.15, 0.2) is 0 Å². The van der Waals surface area contributed by atoms with Crippen molar-refractivity contribution in [2.75, 3.05) is 0 Å². The van der Waals surface area contributed by atoms with Gasteiger partial charge in [0, 0.05) is 5.56 Å². The molecule has 0 aliphatic carbocycles. The lowest BCUT2D eigenvalue weighted by atomic mass is 10.1. The van der Waals surface area contributed by atoms with E-state index >= 15 is 0 Å². The highest BCUT2D eigenvalue weighted by atomic mass is 32.1. The number of hydrogen-bond donors (Lipinski definition) is 1. The predicted octanol–water partition coefficient (Wildman–Crippen LogP) is 3.38. The van der Waals surface area contributed by atoms with E-state index in [9.17, 15) is 4.79 Å². The lowest BCUT2D eigenvalue weighted by Gasteiger charge is -2.09. The van der Waals surface area contributed by atoms with Gasteiger partial charge in [0.05, 0.1) is 6.21 Å². The number of aromatic amines is 1. The Morgan fingerprint density at radius 3 is 2.69 bits per heavy atom. The maximum Gasteiger partial charge on any atom is 0.296 e. The molecule has 3 aromatic rings. The molecule has 0 fully saturated rings. The summed E-state index contributed by atoms with van der Waals surface area (Å²) < 4.78 is 7.15. The third kappa shape index (κ3) is 4.12. The molecule has 0 saturated carbocycles. The molecule has 0 aliphatic heterocycles. The molecule has 2 aromatic carbocycles. The Morgan fingerprint density at radius 1 is 1.19 bits per heavy atom. The molecule has 0 amide bonds. The van der Waals surface area contributed by atoms with Gasteiger partial charge in [-0.15, -0.1) is 0 Å². The van der Waals surface area contributed by atoms with Crippen LogP contribution in [0.25, 0.3) is 0 Å². The van der Waals surface area contributed by atoms with Crippen LogP contribution in [-0.4, -0.2) is 21.1 Å². The maximum absolute atomic E-state index is 12.1. The third-order valence-electron chi connectivity index (χ3n) is 3.76. The molecule has 26 heavy (non-hydrogen) atoms. The number of para-hydroxylation sites is 1. The molecule has 1 heterocycles. The van der Waals surface area contributed by atoms with Crippen molar-refractivity contribution >= 4 is 18.4 Å². The highest BCUT2D eigenvalue weighted by molar-refractivity contribution is 7.71. The van der Waals surface area contributed by atoms with E-state index < -0.39 is 0 Å². The minimum absolute atomic E-state index is 0.134. The smallest absolute Gasteiger partial charge is 0.296 e. The molecule has 0 spiro atoms. The molecule has 0 atom stereocenters. The summed E-state index contributed by atoms with van der Waals surface area (Å²) in [5.41, 5.74) is 2.96. The summed E-state index contributed by atoms with van der Waals surface area (Å²) in [6, 6.07) is 15.6. The van der Waals surface area contributed by atoms with Crippen LogP contribution < -0.4 is 10.3 Å². The molecule has 0 saturated heterocycles. The molecule has 7 heteroatoms. The molecule has 132 valence electrons. The number of ether oxygens (including phenoxy) is 1. The van der Waals surface area contributed by atoms with Gasteiger partial charge in [-0.2, -0.15) is 14.9 Å². The van der Waals surface area contributed by atoms with Crippen molar-refractivity contribution in [1.29, 1.82) is 0 Å². The summed E-state index contributed by atoms with van der Waals surface area (Å²) in [5, 5.41) is 10.6. The fraction of sp³-hybridized carbons (Fsp3) is 0.158. The first-order valence-electron chi connectivity index (χ1n) is 8.04. The Hall–Kier alpha value is -3.06. The van der Waals surface area contributed by atoms with Gasteiger partial charge < -0.3 is 4.74 Å². The van der Waals surface area contributed by atoms with Crippen LogP contribution in [0.2, 0.25) is 0 Å². The molecule has 0 bridgehead atoms. The lowest BCUT2D eigenvalue weighted by Crippen LogP contribution is -2.22. The van der Waals surface area contributed by atoms with Crippen LogP contribution in [0.1, 0.15) is 22.4 Å². The van der Waals surface area contributed by atoms with E-state index in [-0.39, 0.29) is 10.3 Å². The molecule has 1 N–H and O–H groups in total. The van der Waals surface area contributed by atoms with Crippen molar-refractivity contribution < 1.29 is 4.74 Å². The third-order valence-corrected chi connectivity index (χ3v) is 4.02. The van der Waals surface area contributed by atoms with E-state index in [1.165, 1.54) is 5.56 Å². The van der Waals surface area contributed by atoms with Gasteiger partial charge in [-0.1, -0.05) is 42.0 Å². The lowest BCUT2D eigenvalue weighted by molar-refractivity contribution is 0.306. The molecular weight excluding hydrogens is 348 g/mol. The Morgan fingerprint density at radius 2 is 1.92 bits per heavy atom. The second-order valence-electron chi connectivity index (χ2n) is 5.79. The Bertz CT molecular complexity index is 1050. The average Bonchev–Trinajstić information content (AvgIpc) is 2.65. The van der Waals surface area contributed by atoms with E-state index in [0.29, 0.717) is 18.1 Å². The predicted molar refractivity (Wildman–Crippen MR) is 103 cm³/mol. The van der Waals surface area contributed by atoms with Crippen LogP contribution in [0.15, 0.2) is 58.4 Å². The maximum atomic E-state index is 12.1. The second-order valence-corrected chi connectivity index (χ2v) is 6.17. The van der Waals surface area contributed by atoms with Gasteiger partial charge in [-0.25, -0.2) is 0 Å².